The topological polar surface area (TPSA) is 70.7 Å². The molecule has 0 spiro atoms. The van der Waals surface area contributed by atoms with Crippen LogP contribution in [0.25, 0.3) is 12.2 Å². The molecule has 0 aliphatic heterocycles. The van der Waals surface area contributed by atoms with Crippen molar-refractivity contribution in [3.63, 3.8) is 0 Å². The minimum atomic E-state index is -0.340. The standard InChI is InChI=1S/C19H17ClN4OS/c1-13(18(25)21-16-10-8-15(20)9-11-16)26-19-22-17(23-24-19)12-7-14-5-3-2-4-6-14/h2-13H,1H3,(H,21,25)(H,22,23,24)/b12-7+. The van der Waals surface area contributed by atoms with E-state index in [9.17, 15) is 4.79 Å². The Hall–Kier alpha value is -2.57. The number of rotatable bonds is 6. The number of halogens is 1. The predicted octanol–water partition coefficient (Wildman–Crippen LogP) is 4.75. The van der Waals surface area contributed by atoms with Gasteiger partial charge in [0, 0.05) is 10.7 Å². The number of carbonyl (C=O) groups is 1. The zero-order valence-corrected chi connectivity index (χ0v) is 15.6. The summed E-state index contributed by atoms with van der Waals surface area (Å²) < 4.78 is 0. The normalized spacial score (nSPS) is 12.2. The maximum absolute atomic E-state index is 12.3. The van der Waals surface area contributed by atoms with Gasteiger partial charge >= 0.3 is 0 Å². The molecule has 1 heterocycles. The summed E-state index contributed by atoms with van der Waals surface area (Å²) in [5.74, 6) is 0.519. The van der Waals surface area contributed by atoms with Gasteiger partial charge in [-0.3, -0.25) is 9.89 Å². The van der Waals surface area contributed by atoms with Crippen molar-refractivity contribution < 1.29 is 4.79 Å². The summed E-state index contributed by atoms with van der Waals surface area (Å²) in [6.45, 7) is 1.81. The van der Waals surface area contributed by atoms with E-state index in [0.717, 1.165) is 5.56 Å². The molecular formula is C19H17ClN4OS. The second-order valence-corrected chi connectivity index (χ2v) is 7.25. The van der Waals surface area contributed by atoms with Crippen LogP contribution < -0.4 is 5.32 Å². The number of nitrogens with zero attached hydrogens (tertiary/aromatic N) is 2. The summed E-state index contributed by atoms with van der Waals surface area (Å²) >= 11 is 7.13. The van der Waals surface area contributed by atoms with E-state index < -0.39 is 0 Å². The average molecular weight is 385 g/mol. The van der Waals surface area contributed by atoms with Crippen LogP contribution in [0.15, 0.2) is 59.8 Å². The van der Waals surface area contributed by atoms with Gasteiger partial charge in [0.15, 0.2) is 0 Å². The Bertz CT molecular complexity index is 893. The van der Waals surface area contributed by atoms with Crippen molar-refractivity contribution in [2.75, 3.05) is 5.32 Å². The first-order valence-corrected chi connectivity index (χ1v) is 9.24. The van der Waals surface area contributed by atoms with Gasteiger partial charge in [-0.2, -0.15) is 0 Å². The number of amides is 1. The highest BCUT2D eigenvalue weighted by molar-refractivity contribution is 8.00. The van der Waals surface area contributed by atoms with Crippen LogP contribution in [-0.4, -0.2) is 26.3 Å². The molecule has 1 amide bonds. The van der Waals surface area contributed by atoms with Gasteiger partial charge in [0.2, 0.25) is 11.1 Å². The molecule has 3 rings (SSSR count). The van der Waals surface area contributed by atoms with Crippen LogP contribution >= 0.6 is 23.4 Å². The first kappa shape index (κ1) is 18.2. The highest BCUT2D eigenvalue weighted by Crippen LogP contribution is 2.21. The number of aromatic nitrogens is 3. The summed E-state index contributed by atoms with van der Waals surface area (Å²) in [5.41, 5.74) is 1.78. The number of hydrogen-bond donors (Lipinski definition) is 2. The van der Waals surface area contributed by atoms with Gasteiger partial charge in [0.25, 0.3) is 0 Å². The smallest absolute Gasteiger partial charge is 0.237 e. The number of hydrogen-bond acceptors (Lipinski definition) is 4. The minimum absolute atomic E-state index is 0.122. The first-order chi connectivity index (χ1) is 12.6. The number of carbonyl (C=O) groups excluding carboxylic acids is 1. The Morgan fingerprint density at radius 1 is 1.15 bits per heavy atom. The van der Waals surface area contributed by atoms with Crippen molar-refractivity contribution in [1.29, 1.82) is 0 Å². The molecule has 0 aliphatic carbocycles. The third-order valence-electron chi connectivity index (χ3n) is 3.48. The van der Waals surface area contributed by atoms with Gasteiger partial charge in [-0.1, -0.05) is 59.8 Å². The van der Waals surface area contributed by atoms with Crippen molar-refractivity contribution in [3.05, 3.63) is 71.0 Å². The first-order valence-electron chi connectivity index (χ1n) is 7.99. The maximum Gasteiger partial charge on any atom is 0.237 e. The highest BCUT2D eigenvalue weighted by Gasteiger charge is 2.17. The molecule has 2 aromatic carbocycles. The molecule has 3 aromatic rings. The van der Waals surface area contributed by atoms with Crippen LogP contribution in [0.5, 0.6) is 0 Å². The molecule has 1 atom stereocenters. The molecule has 0 radical (unpaired) electrons. The van der Waals surface area contributed by atoms with Crippen molar-refractivity contribution in [2.24, 2.45) is 0 Å². The highest BCUT2D eigenvalue weighted by atomic mass is 35.5. The van der Waals surface area contributed by atoms with Crippen LogP contribution in [0.2, 0.25) is 5.02 Å². The third-order valence-corrected chi connectivity index (χ3v) is 4.69. The lowest BCUT2D eigenvalue weighted by molar-refractivity contribution is -0.115. The molecule has 132 valence electrons. The summed E-state index contributed by atoms with van der Waals surface area (Å²) in [6, 6.07) is 16.9. The lowest BCUT2D eigenvalue weighted by Gasteiger charge is -2.10. The van der Waals surface area contributed by atoms with Crippen molar-refractivity contribution in [3.8, 4) is 0 Å². The third kappa shape index (κ3) is 5.21. The van der Waals surface area contributed by atoms with Crippen LogP contribution in [-0.2, 0) is 4.79 Å². The quantitative estimate of drug-likeness (QED) is 0.602. The SMILES string of the molecule is CC(Sc1n[nH]c(/C=C/c2ccccc2)n1)C(=O)Nc1ccc(Cl)cc1. The van der Waals surface area contributed by atoms with Gasteiger partial charge < -0.3 is 5.32 Å². The fourth-order valence-electron chi connectivity index (χ4n) is 2.11. The van der Waals surface area contributed by atoms with Gasteiger partial charge in [-0.15, -0.1) is 5.10 Å². The van der Waals surface area contributed by atoms with Gasteiger partial charge in [0.05, 0.1) is 5.25 Å². The fourth-order valence-corrected chi connectivity index (χ4v) is 2.97. The summed E-state index contributed by atoms with van der Waals surface area (Å²) in [4.78, 5) is 16.7. The molecule has 0 bridgehead atoms. The zero-order valence-electron chi connectivity index (χ0n) is 14.0. The van der Waals surface area contributed by atoms with E-state index in [1.165, 1.54) is 11.8 Å². The predicted molar refractivity (Wildman–Crippen MR) is 107 cm³/mol. The number of aromatic amines is 1. The van der Waals surface area contributed by atoms with E-state index in [2.05, 4.69) is 20.5 Å². The number of H-pyrrole nitrogens is 1. The van der Waals surface area contributed by atoms with Crippen molar-refractivity contribution >= 4 is 47.1 Å². The lowest BCUT2D eigenvalue weighted by atomic mass is 10.2. The van der Waals surface area contributed by atoms with E-state index >= 15 is 0 Å². The summed E-state index contributed by atoms with van der Waals surface area (Å²) in [6.07, 6.45) is 3.80. The monoisotopic (exact) mass is 384 g/mol. The molecule has 0 saturated carbocycles. The zero-order chi connectivity index (χ0) is 18.4. The van der Waals surface area contributed by atoms with E-state index in [0.29, 0.717) is 21.7 Å². The van der Waals surface area contributed by atoms with Crippen molar-refractivity contribution in [1.82, 2.24) is 15.2 Å². The van der Waals surface area contributed by atoms with E-state index in [1.54, 1.807) is 24.3 Å². The number of anilines is 1. The molecule has 0 fully saturated rings. The summed E-state index contributed by atoms with van der Waals surface area (Å²) in [7, 11) is 0. The Morgan fingerprint density at radius 2 is 1.88 bits per heavy atom. The summed E-state index contributed by atoms with van der Waals surface area (Å²) in [5, 5.41) is 10.7. The van der Waals surface area contributed by atoms with E-state index in [-0.39, 0.29) is 11.2 Å². The molecule has 2 N–H and O–H groups in total. The number of benzene rings is 2. The number of thioether (sulfide) groups is 1. The Morgan fingerprint density at radius 3 is 2.62 bits per heavy atom. The van der Waals surface area contributed by atoms with Gasteiger partial charge in [-0.25, -0.2) is 4.98 Å². The second-order valence-electron chi connectivity index (χ2n) is 5.50. The molecule has 7 heteroatoms. The van der Waals surface area contributed by atoms with Gasteiger partial charge in [0.1, 0.15) is 5.82 Å². The average Bonchev–Trinajstić information content (AvgIpc) is 3.10. The van der Waals surface area contributed by atoms with Gasteiger partial charge in [-0.05, 0) is 42.8 Å². The Balaban J connectivity index is 1.56. The van der Waals surface area contributed by atoms with E-state index in [1.807, 2.05) is 49.4 Å². The van der Waals surface area contributed by atoms with Crippen LogP contribution in [0.4, 0.5) is 5.69 Å². The van der Waals surface area contributed by atoms with Crippen LogP contribution in [0, 0.1) is 0 Å². The molecule has 1 aromatic heterocycles. The Kier molecular flexibility index (Phi) is 6.09. The molecule has 1 unspecified atom stereocenters. The molecule has 26 heavy (non-hydrogen) atoms. The molecular weight excluding hydrogens is 368 g/mol. The minimum Gasteiger partial charge on any atom is -0.325 e. The fraction of sp³-hybridized carbons (Fsp3) is 0.105. The number of nitrogens with one attached hydrogen (secondary N) is 2. The molecule has 5 nitrogen and oxygen atoms in total. The Labute approximate surface area is 160 Å². The molecule has 0 aliphatic rings. The second kappa shape index (κ2) is 8.69. The molecule has 0 saturated heterocycles. The largest absolute Gasteiger partial charge is 0.325 e. The van der Waals surface area contributed by atoms with Crippen molar-refractivity contribution in [2.45, 2.75) is 17.3 Å². The lowest BCUT2D eigenvalue weighted by Crippen LogP contribution is -2.22. The van der Waals surface area contributed by atoms with Crippen LogP contribution in [0.1, 0.15) is 18.3 Å². The van der Waals surface area contributed by atoms with Crippen LogP contribution in [0.3, 0.4) is 0 Å². The van der Waals surface area contributed by atoms with E-state index in [4.69, 9.17) is 11.6 Å². The maximum atomic E-state index is 12.3.